The molecule has 1 aliphatic rings. The minimum absolute atomic E-state index is 0.0349. The van der Waals surface area contributed by atoms with E-state index < -0.39 is 36.7 Å². The molecule has 0 aliphatic carbocycles. The van der Waals surface area contributed by atoms with E-state index in [-0.39, 0.29) is 24.6 Å². The maximum Gasteiger partial charge on any atom is 0.338 e. The summed E-state index contributed by atoms with van der Waals surface area (Å²) in [6.07, 6.45) is -6.61. The van der Waals surface area contributed by atoms with E-state index in [1.165, 1.54) is 0 Å². The van der Waals surface area contributed by atoms with Crippen molar-refractivity contribution in [2.45, 2.75) is 83.9 Å². The van der Waals surface area contributed by atoms with Gasteiger partial charge in [-0.25, -0.2) is 4.79 Å². The van der Waals surface area contributed by atoms with Crippen LogP contribution >= 0.6 is 0 Å². The number of aliphatic hydroxyl groups is 3. The molecule has 3 aromatic rings. The van der Waals surface area contributed by atoms with Crippen LogP contribution in [0.25, 0.3) is 0 Å². The zero-order valence-electron chi connectivity index (χ0n) is 23.4. The van der Waals surface area contributed by atoms with Crippen molar-refractivity contribution in [3.63, 3.8) is 0 Å². The van der Waals surface area contributed by atoms with Crippen LogP contribution in [0, 0.1) is 6.92 Å². The fraction of sp³-hybridized carbons (Fsp3) is 0.467. The van der Waals surface area contributed by atoms with E-state index in [1.54, 1.807) is 30.3 Å². The Morgan fingerprint density at radius 3 is 2.27 bits per heavy atom. The van der Waals surface area contributed by atoms with Crippen molar-refractivity contribution >= 4 is 5.97 Å². The first-order chi connectivity index (χ1) is 19.0. The lowest BCUT2D eigenvalue weighted by Gasteiger charge is -2.39. The molecule has 1 fully saturated rings. The molecule has 0 amide bonds. The van der Waals surface area contributed by atoms with Gasteiger partial charge in [-0.2, -0.15) is 0 Å². The Morgan fingerprint density at radius 2 is 1.65 bits per heavy atom. The zero-order valence-corrected chi connectivity index (χ0v) is 23.4. The maximum atomic E-state index is 12.4. The third kappa shape index (κ3) is 6.82. The number of rotatable bonds is 10. The molecule has 10 nitrogen and oxygen atoms in total. The molecule has 0 radical (unpaired) electrons. The molecule has 0 bridgehead atoms. The van der Waals surface area contributed by atoms with E-state index in [0.29, 0.717) is 12.0 Å². The monoisotopic (exact) mass is 554 g/mol. The summed E-state index contributed by atoms with van der Waals surface area (Å²) in [6, 6.07) is 16.2. The van der Waals surface area contributed by atoms with E-state index in [1.807, 2.05) is 63.6 Å². The van der Waals surface area contributed by atoms with Gasteiger partial charge in [-0.05, 0) is 64.4 Å². The van der Waals surface area contributed by atoms with E-state index in [9.17, 15) is 20.1 Å². The molecule has 1 aromatic heterocycles. The Morgan fingerprint density at radius 1 is 0.975 bits per heavy atom. The normalized spacial score (nSPS) is 22.9. The number of ether oxygens (including phenoxy) is 4. The topological polar surface area (TPSA) is 132 Å². The van der Waals surface area contributed by atoms with Gasteiger partial charge in [0.2, 0.25) is 12.2 Å². The van der Waals surface area contributed by atoms with Crippen LogP contribution in [0.3, 0.4) is 0 Å². The predicted octanol–water partition coefficient (Wildman–Crippen LogP) is 3.19. The van der Waals surface area contributed by atoms with Gasteiger partial charge in [0.1, 0.15) is 36.8 Å². The van der Waals surface area contributed by atoms with E-state index >= 15 is 0 Å². The molecule has 216 valence electrons. The molecular formula is C30H38N2O8. The number of hydrogen-bond donors (Lipinski definition) is 3. The number of carbonyl (C=O) groups excluding carboxylic acids is 1. The molecule has 10 heteroatoms. The minimum Gasteiger partial charge on any atom is -0.491 e. The first-order valence-corrected chi connectivity index (χ1v) is 13.5. The van der Waals surface area contributed by atoms with Crippen LogP contribution in [-0.2, 0) is 15.9 Å². The number of esters is 1. The second-order valence-electron chi connectivity index (χ2n) is 10.5. The Bertz CT molecular complexity index is 1260. The van der Waals surface area contributed by atoms with Crippen LogP contribution < -0.4 is 9.47 Å². The summed E-state index contributed by atoms with van der Waals surface area (Å²) in [5.74, 6) is 0.407. The second kappa shape index (κ2) is 12.8. The molecule has 4 rings (SSSR count). The lowest BCUT2D eigenvalue weighted by molar-refractivity contribution is -0.278. The molecule has 1 aliphatic heterocycles. The number of carbonyl (C=O) groups is 1. The molecule has 1 saturated heterocycles. The van der Waals surface area contributed by atoms with Crippen molar-refractivity contribution in [3.05, 3.63) is 77.0 Å². The van der Waals surface area contributed by atoms with Crippen LogP contribution in [0.1, 0.15) is 60.9 Å². The quantitative estimate of drug-likeness (QED) is 0.323. The van der Waals surface area contributed by atoms with E-state index in [2.05, 4.69) is 5.10 Å². The molecule has 40 heavy (non-hydrogen) atoms. The zero-order chi connectivity index (χ0) is 29.0. The lowest BCUT2D eigenvalue weighted by atomic mass is 9.99. The SMILES string of the molecule is Cc1c(Cc2ccc(OC(C)C)cc2)c(O[C@H]2O[C@H](COC(=O)c3ccccc3)[C@@H](O)[C@H](O)[C@H]2O)nn1C(C)C. The number of benzene rings is 2. The molecular weight excluding hydrogens is 516 g/mol. The maximum absolute atomic E-state index is 12.4. The second-order valence-corrected chi connectivity index (χ2v) is 10.5. The van der Waals surface area contributed by atoms with Crippen LogP contribution in [0.15, 0.2) is 54.6 Å². The largest absolute Gasteiger partial charge is 0.491 e. The van der Waals surface area contributed by atoms with Crippen LogP contribution in [-0.4, -0.2) is 74.5 Å². The van der Waals surface area contributed by atoms with Gasteiger partial charge in [0.25, 0.3) is 0 Å². The first-order valence-electron chi connectivity index (χ1n) is 13.5. The Balaban J connectivity index is 1.52. The first kappa shape index (κ1) is 29.5. The highest BCUT2D eigenvalue weighted by Crippen LogP contribution is 2.31. The van der Waals surface area contributed by atoms with E-state index in [4.69, 9.17) is 18.9 Å². The molecule has 5 atom stereocenters. The number of aliphatic hydroxyl groups excluding tert-OH is 3. The highest BCUT2D eigenvalue weighted by molar-refractivity contribution is 5.89. The summed E-state index contributed by atoms with van der Waals surface area (Å²) in [7, 11) is 0. The Labute approximate surface area is 234 Å². The van der Waals surface area contributed by atoms with Crippen molar-refractivity contribution in [2.24, 2.45) is 0 Å². The summed E-state index contributed by atoms with van der Waals surface area (Å²) in [6.45, 7) is 9.51. The van der Waals surface area contributed by atoms with Gasteiger partial charge in [0.15, 0.2) is 0 Å². The third-order valence-electron chi connectivity index (χ3n) is 6.69. The average Bonchev–Trinajstić information content (AvgIpc) is 3.24. The molecule has 0 saturated carbocycles. The molecule has 2 aromatic carbocycles. The van der Waals surface area contributed by atoms with Gasteiger partial charge < -0.3 is 34.3 Å². The van der Waals surface area contributed by atoms with Crippen molar-refractivity contribution < 1.29 is 39.1 Å². The standard InChI is InChI=1S/C30H38N2O8/c1-17(2)32-19(5)23(15-20-11-13-22(14-12-20)38-18(3)4)28(31-32)40-30-27(35)26(34)25(33)24(39-30)16-37-29(36)21-9-7-6-8-10-21/h6-14,17-18,24-27,30,33-35H,15-16H2,1-5H3/t24-,25-,26+,27-,30-/m1/s1. The summed E-state index contributed by atoms with van der Waals surface area (Å²) < 4.78 is 24.7. The van der Waals surface area contributed by atoms with Gasteiger partial charge in [-0.1, -0.05) is 30.3 Å². The minimum atomic E-state index is -1.59. The summed E-state index contributed by atoms with van der Waals surface area (Å²) in [5, 5.41) is 36.4. The summed E-state index contributed by atoms with van der Waals surface area (Å²) in [4.78, 5) is 12.4. The van der Waals surface area contributed by atoms with Crippen molar-refractivity contribution in [2.75, 3.05) is 6.61 Å². The Kier molecular flexibility index (Phi) is 9.47. The van der Waals surface area contributed by atoms with Crippen molar-refractivity contribution in [1.82, 2.24) is 9.78 Å². The molecule has 2 heterocycles. The van der Waals surface area contributed by atoms with Gasteiger partial charge in [0, 0.05) is 23.7 Å². The van der Waals surface area contributed by atoms with Crippen molar-refractivity contribution in [1.29, 1.82) is 0 Å². The van der Waals surface area contributed by atoms with Crippen LogP contribution in [0.2, 0.25) is 0 Å². The average molecular weight is 555 g/mol. The smallest absolute Gasteiger partial charge is 0.338 e. The van der Waals surface area contributed by atoms with Gasteiger partial charge in [0.05, 0.1) is 11.7 Å². The fourth-order valence-electron chi connectivity index (χ4n) is 4.57. The summed E-state index contributed by atoms with van der Waals surface area (Å²) in [5.41, 5.74) is 3.00. The van der Waals surface area contributed by atoms with Gasteiger partial charge in [-0.15, -0.1) is 5.10 Å². The number of hydrogen-bond acceptors (Lipinski definition) is 9. The predicted molar refractivity (Wildman–Crippen MR) is 146 cm³/mol. The third-order valence-corrected chi connectivity index (χ3v) is 6.69. The van der Waals surface area contributed by atoms with Crippen molar-refractivity contribution in [3.8, 4) is 11.6 Å². The fourth-order valence-corrected chi connectivity index (χ4v) is 4.57. The number of aromatic nitrogens is 2. The molecule has 3 N–H and O–H groups in total. The summed E-state index contributed by atoms with van der Waals surface area (Å²) >= 11 is 0. The van der Waals surface area contributed by atoms with Gasteiger partial charge >= 0.3 is 5.97 Å². The lowest BCUT2D eigenvalue weighted by Crippen LogP contribution is -2.60. The Hall–Kier alpha value is -3.44. The highest BCUT2D eigenvalue weighted by Gasteiger charge is 2.46. The number of nitrogens with zero attached hydrogens (tertiary/aromatic N) is 2. The molecule has 0 unspecified atom stereocenters. The highest BCUT2D eigenvalue weighted by atomic mass is 16.7. The van der Waals surface area contributed by atoms with E-state index in [0.717, 1.165) is 22.6 Å². The van der Waals surface area contributed by atoms with Gasteiger partial charge in [-0.3, -0.25) is 4.68 Å². The van der Waals surface area contributed by atoms with Crippen LogP contribution in [0.5, 0.6) is 11.6 Å². The van der Waals surface area contributed by atoms with Crippen LogP contribution in [0.4, 0.5) is 0 Å². The molecule has 0 spiro atoms.